The van der Waals surface area contributed by atoms with Crippen LogP contribution in [0.1, 0.15) is 0 Å². The van der Waals surface area contributed by atoms with Crippen molar-refractivity contribution in [1.29, 1.82) is 0 Å². The van der Waals surface area contributed by atoms with Gasteiger partial charge in [0.25, 0.3) is 5.56 Å². The van der Waals surface area contributed by atoms with Crippen molar-refractivity contribution >= 4 is 49.6 Å². The van der Waals surface area contributed by atoms with Crippen LogP contribution in [0.15, 0.2) is 27.6 Å². The number of benzene rings is 1. The molecule has 1 aromatic heterocycles. The summed E-state index contributed by atoms with van der Waals surface area (Å²) < 4.78 is 1.94. The van der Waals surface area contributed by atoms with Crippen LogP contribution < -0.4 is 5.56 Å². The molecule has 13 heavy (non-hydrogen) atoms. The van der Waals surface area contributed by atoms with Crippen LogP contribution in [-0.4, -0.2) is 9.97 Å². The number of halogens is 2. The van der Waals surface area contributed by atoms with E-state index in [-0.39, 0.29) is 5.56 Å². The van der Waals surface area contributed by atoms with E-state index in [1.807, 2.05) is 12.1 Å². The van der Waals surface area contributed by atoms with Gasteiger partial charge in [0.05, 0.1) is 17.2 Å². The van der Waals surface area contributed by atoms with E-state index < -0.39 is 0 Å². The standard InChI is InChI=1S/C8H4BrIN2O/c9-4-1-5(10)8-6(2-4)11-3-7(13)12-8/h1-3H,(H,12,13). The van der Waals surface area contributed by atoms with Gasteiger partial charge < -0.3 is 4.98 Å². The summed E-state index contributed by atoms with van der Waals surface area (Å²) in [5.74, 6) is 0. The van der Waals surface area contributed by atoms with Gasteiger partial charge in [0.2, 0.25) is 0 Å². The van der Waals surface area contributed by atoms with E-state index >= 15 is 0 Å². The van der Waals surface area contributed by atoms with Crippen LogP contribution in [0.3, 0.4) is 0 Å². The third-order valence-electron chi connectivity index (χ3n) is 1.60. The first kappa shape index (κ1) is 9.14. The highest BCUT2D eigenvalue weighted by atomic mass is 127. The number of aromatic nitrogens is 2. The highest BCUT2D eigenvalue weighted by Gasteiger charge is 2.01. The molecule has 66 valence electrons. The fourth-order valence-electron chi connectivity index (χ4n) is 1.07. The minimum absolute atomic E-state index is 0.173. The second-order valence-electron chi connectivity index (χ2n) is 2.53. The van der Waals surface area contributed by atoms with Crippen LogP contribution >= 0.6 is 38.5 Å². The van der Waals surface area contributed by atoms with Gasteiger partial charge in [-0.15, -0.1) is 0 Å². The van der Waals surface area contributed by atoms with Crippen molar-refractivity contribution in [2.45, 2.75) is 0 Å². The minimum atomic E-state index is -0.173. The smallest absolute Gasteiger partial charge is 0.266 e. The average Bonchev–Trinajstić information content (AvgIpc) is 2.06. The molecule has 2 aromatic rings. The Hall–Kier alpha value is -0.430. The summed E-state index contributed by atoms with van der Waals surface area (Å²) in [6, 6.07) is 3.80. The Kier molecular flexibility index (Phi) is 2.37. The molecule has 0 unspecified atom stereocenters. The molecule has 0 saturated heterocycles. The predicted molar refractivity (Wildman–Crippen MR) is 62.8 cm³/mol. The molecule has 0 aliphatic rings. The number of rotatable bonds is 0. The maximum atomic E-state index is 11.0. The number of nitrogens with one attached hydrogen (secondary N) is 1. The molecule has 0 aliphatic heterocycles. The Labute approximate surface area is 95.8 Å². The van der Waals surface area contributed by atoms with Crippen LogP contribution in [0.25, 0.3) is 11.0 Å². The molecule has 0 fully saturated rings. The lowest BCUT2D eigenvalue weighted by Crippen LogP contribution is -2.05. The molecule has 1 N–H and O–H groups in total. The Morgan fingerprint density at radius 1 is 1.46 bits per heavy atom. The lowest BCUT2D eigenvalue weighted by Gasteiger charge is -1.99. The highest BCUT2D eigenvalue weighted by molar-refractivity contribution is 14.1. The molecule has 3 nitrogen and oxygen atoms in total. The Morgan fingerprint density at radius 3 is 3.00 bits per heavy atom. The van der Waals surface area contributed by atoms with Crippen LogP contribution in [0.2, 0.25) is 0 Å². The zero-order chi connectivity index (χ0) is 9.42. The van der Waals surface area contributed by atoms with Gasteiger partial charge >= 0.3 is 0 Å². The molecule has 0 radical (unpaired) electrons. The molecule has 1 heterocycles. The summed E-state index contributed by atoms with van der Waals surface area (Å²) in [5.41, 5.74) is 1.41. The maximum absolute atomic E-state index is 11.0. The molecule has 0 saturated carbocycles. The lowest BCUT2D eigenvalue weighted by atomic mass is 10.3. The zero-order valence-corrected chi connectivity index (χ0v) is 10.1. The van der Waals surface area contributed by atoms with Crippen LogP contribution in [0, 0.1) is 3.57 Å². The first-order valence-corrected chi connectivity index (χ1v) is 5.38. The molecule has 0 bridgehead atoms. The van der Waals surface area contributed by atoms with Crippen molar-refractivity contribution in [3.63, 3.8) is 0 Å². The Balaban J connectivity index is 2.95. The first-order valence-electron chi connectivity index (χ1n) is 3.51. The molecule has 5 heteroatoms. The van der Waals surface area contributed by atoms with Crippen molar-refractivity contribution in [2.75, 3.05) is 0 Å². The van der Waals surface area contributed by atoms with Crippen LogP contribution in [-0.2, 0) is 0 Å². The minimum Gasteiger partial charge on any atom is -0.318 e. The number of hydrogen-bond donors (Lipinski definition) is 1. The van der Waals surface area contributed by atoms with Gasteiger partial charge in [-0.25, -0.2) is 4.98 Å². The van der Waals surface area contributed by atoms with Gasteiger partial charge in [-0.05, 0) is 34.7 Å². The molecular formula is C8H4BrIN2O. The number of hydrogen-bond acceptors (Lipinski definition) is 2. The van der Waals surface area contributed by atoms with Crippen molar-refractivity contribution < 1.29 is 0 Å². The number of aromatic amines is 1. The van der Waals surface area contributed by atoms with E-state index in [0.717, 1.165) is 19.1 Å². The summed E-state index contributed by atoms with van der Waals surface area (Å²) in [6.07, 6.45) is 1.28. The first-order chi connectivity index (χ1) is 6.16. The fourth-order valence-corrected chi connectivity index (χ4v) is 2.69. The molecule has 1 aromatic carbocycles. The molecule has 0 amide bonds. The average molecular weight is 351 g/mol. The Morgan fingerprint density at radius 2 is 2.23 bits per heavy atom. The highest BCUT2D eigenvalue weighted by Crippen LogP contribution is 2.21. The third-order valence-corrected chi connectivity index (χ3v) is 2.91. The second-order valence-corrected chi connectivity index (χ2v) is 4.61. The van der Waals surface area contributed by atoms with Crippen LogP contribution in [0.4, 0.5) is 0 Å². The number of H-pyrrole nitrogens is 1. The topological polar surface area (TPSA) is 45.8 Å². The van der Waals surface area contributed by atoms with E-state index in [2.05, 4.69) is 48.5 Å². The van der Waals surface area contributed by atoms with Crippen molar-refractivity contribution in [2.24, 2.45) is 0 Å². The monoisotopic (exact) mass is 350 g/mol. The van der Waals surface area contributed by atoms with Gasteiger partial charge in [-0.3, -0.25) is 4.79 Å². The molecule has 2 rings (SSSR count). The molecule has 0 aliphatic carbocycles. The van der Waals surface area contributed by atoms with E-state index in [0.29, 0.717) is 0 Å². The fraction of sp³-hybridized carbons (Fsp3) is 0. The van der Waals surface area contributed by atoms with E-state index in [9.17, 15) is 4.79 Å². The van der Waals surface area contributed by atoms with E-state index in [4.69, 9.17) is 0 Å². The second kappa shape index (κ2) is 3.38. The Bertz CT molecular complexity index is 523. The van der Waals surface area contributed by atoms with Crippen molar-refractivity contribution in [3.8, 4) is 0 Å². The third kappa shape index (κ3) is 1.76. The number of fused-ring (bicyclic) bond motifs is 1. The zero-order valence-electron chi connectivity index (χ0n) is 6.34. The summed E-state index contributed by atoms with van der Waals surface area (Å²) in [4.78, 5) is 17.8. The SMILES string of the molecule is O=c1cnc2cc(Br)cc(I)c2[nH]1. The summed E-state index contributed by atoms with van der Waals surface area (Å²) in [5, 5.41) is 0. The predicted octanol–water partition coefficient (Wildman–Crippen LogP) is 2.29. The lowest BCUT2D eigenvalue weighted by molar-refractivity contribution is 1.21. The van der Waals surface area contributed by atoms with Crippen LogP contribution in [0.5, 0.6) is 0 Å². The van der Waals surface area contributed by atoms with Gasteiger partial charge in [0.15, 0.2) is 0 Å². The van der Waals surface area contributed by atoms with Gasteiger partial charge in [-0.1, -0.05) is 15.9 Å². The van der Waals surface area contributed by atoms with E-state index in [1.165, 1.54) is 6.20 Å². The van der Waals surface area contributed by atoms with Crippen molar-refractivity contribution in [3.05, 3.63) is 36.7 Å². The normalized spacial score (nSPS) is 10.6. The summed E-state index contributed by atoms with van der Waals surface area (Å²) >= 11 is 5.53. The van der Waals surface area contributed by atoms with Gasteiger partial charge in [-0.2, -0.15) is 0 Å². The molecular weight excluding hydrogens is 347 g/mol. The summed E-state index contributed by atoms with van der Waals surface area (Å²) in [7, 11) is 0. The molecule has 0 atom stereocenters. The van der Waals surface area contributed by atoms with Crippen molar-refractivity contribution in [1.82, 2.24) is 9.97 Å². The van der Waals surface area contributed by atoms with Gasteiger partial charge in [0.1, 0.15) is 0 Å². The molecule has 0 spiro atoms. The quantitative estimate of drug-likeness (QED) is 0.741. The van der Waals surface area contributed by atoms with Gasteiger partial charge in [0, 0.05) is 8.04 Å². The maximum Gasteiger partial charge on any atom is 0.266 e. The van der Waals surface area contributed by atoms with E-state index in [1.54, 1.807) is 0 Å². The summed E-state index contributed by atoms with van der Waals surface area (Å²) in [6.45, 7) is 0. The number of nitrogens with zero attached hydrogens (tertiary/aromatic N) is 1. The largest absolute Gasteiger partial charge is 0.318 e.